The monoisotopic (exact) mass is 435 g/mol. The van der Waals surface area contributed by atoms with E-state index < -0.39 is 16.1 Å². The molecular formula is C19H21N3O5S2. The standard InChI is InChI=1S/C19H21N3O5S2/c1-14(27-16-4-2-3-15(11-16)12-20)19(23)21-13-17-5-6-18(28-17)29(24,25)22-7-9-26-10-8-22/h2-6,11,14H,7-10,13H2,1H3,(H,21,23). The molecule has 154 valence electrons. The van der Waals surface area contributed by atoms with E-state index in [2.05, 4.69) is 5.32 Å². The van der Waals surface area contributed by atoms with Crippen LogP contribution in [0.1, 0.15) is 17.4 Å². The molecule has 1 N–H and O–H groups in total. The lowest BCUT2D eigenvalue weighted by atomic mass is 10.2. The van der Waals surface area contributed by atoms with E-state index in [9.17, 15) is 13.2 Å². The fourth-order valence-electron chi connectivity index (χ4n) is 2.72. The van der Waals surface area contributed by atoms with Crippen LogP contribution in [-0.2, 0) is 26.1 Å². The zero-order chi connectivity index (χ0) is 20.9. The molecule has 0 radical (unpaired) electrons. The van der Waals surface area contributed by atoms with E-state index in [0.29, 0.717) is 37.6 Å². The van der Waals surface area contributed by atoms with Gasteiger partial charge in [0, 0.05) is 18.0 Å². The van der Waals surface area contributed by atoms with Gasteiger partial charge in [0.2, 0.25) is 0 Å². The first-order valence-corrected chi connectivity index (χ1v) is 11.3. The largest absolute Gasteiger partial charge is 0.481 e. The number of nitrogens with one attached hydrogen (secondary N) is 1. The third-order valence-corrected chi connectivity index (χ3v) is 7.73. The van der Waals surface area contributed by atoms with E-state index in [1.807, 2.05) is 6.07 Å². The number of carbonyl (C=O) groups is 1. The molecule has 1 fully saturated rings. The predicted octanol–water partition coefficient (Wildman–Crippen LogP) is 1.72. The number of carbonyl (C=O) groups excluding carboxylic acids is 1. The molecule has 3 rings (SSSR count). The highest BCUT2D eigenvalue weighted by Crippen LogP contribution is 2.25. The van der Waals surface area contributed by atoms with Gasteiger partial charge in [0.05, 0.1) is 31.4 Å². The van der Waals surface area contributed by atoms with Crippen molar-refractivity contribution in [3.05, 3.63) is 46.8 Å². The normalized spacial score (nSPS) is 16.0. The molecule has 29 heavy (non-hydrogen) atoms. The van der Waals surface area contributed by atoms with E-state index in [-0.39, 0.29) is 16.7 Å². The molecule has 1 aliphatic heterocycles. The van der Waals surface area contributed by atoms with Gasteiger partial charge in [-0.3, -0.25) is 4.79 Å². The topological polar surface area (TPSA) is 109 Å². The molecule has 2 aromatic rings. The summed E-state index contributed by atoms with van der Waals surface area (Å²) in [6, 6.07) is 11.8. The molecule has 1 unspecified atom stereocenters. The summed E-state index contributed by atoms with van der Waals surface area (Å²) >= 11 is 1.13. The van der Waals surface area contributed by atoms with Crippen LogP contribution in [0.3, 0.4) is 0 Å². The van der Waals surface area contributed by atoms with Crippen LogP contribution in [0.15, 0.2) is 40.6 Å². The van der Waals surface area contributed by atoms with Crippen molar-refractivity contribution in [2.45, 2.75) is 23.8 Å². The summed E-state index contributed by atoms with van der Waals surface area (Å²) in [7, 11) is -3.54. The van der Waals surface area contributed by atoms with Gasteiger partial charge in [-0.15, -0.1) is 11.3 Å². The van der Waals surface area contributed by atoms with E-state index in [1.54, 1.807) is 43.3 Å². The Hall–Kier alpha value is -2.45. The van der Waals surface area contributed by atoms with Crippen LogP contribution >= 0.6 is 11.3 Å². The lowest BCUT2D eigenvalue weighted by molar-refractivity contribution is -0.127. The molecule has 1 atom stereocenters. The summed E-state index contributed by atoms with van der Waals surface area (Å²) in [4.78, 5) is 13.0. The van der Waals surface area contributed by atoms with Gasteiger partial charge in [0.25, 0.3) is 15.9 Å². The van der Waals surface area contributed by atoms with Crippen molar-refractivity contribution in [2.75, 3.05) is 26.3 Å². The number of ether oxygens (including phenoxy) is 2. The van der Waals surface area contributed by atoms with Gasteiger partial charge in [-0.1, -0.05) is 6.07 Å². The summed E-state index contributed by atoms with van der Waals surface area (Å²) in [5, 5.41) is 11.7. The third-order valence-electron chi connectivity index (χ3n) is 4.28. The van der Waals surface area contributed by atoms with Gasteiger partial charge in [0.15, 0.2) is 6.10 Å². The molecule has 1 aromatic carbocycles. The minimum atomic E-state index is -3.54. The molecule has 1 saturated heterocycles. The third kappa shape index (κ3) is 5.33. The lowest BCUT2D eigenvalue weighted by Gasteiger charge is -2.25. The number of benzene rings is 1. The van der Waals surface area contributed by atoms with Gasteiger partial charge in [-0.25, -0.2) is 8.42 Å². The van der Waals surface area contributed by atoms with E-state index in [0.717, 1.165) is 16.2 Å². The number of hydrogen-bond donors (Lipinski definition) is 1. The molecule has 1 aromatic heterocycles. The highest BCUT2D eigenvalue weighted by Gasteiger charge is 2.27. The second-order valence-electron chi connectivity index (χ2n) is 6.35. The fraction of sp³-hybridized carbons (Fsp3) is 0.368. The van der Waals surface area contributed by atoms with Crippen LogP contribution in [-0.4, -0.2) is 51.0 Å². The Labute approximate surface area is 173 Å². The molecular weight excluding hydrogens is 414 g/mol. The van der Waals surface area contributed by atoms with Crippen LogP contribution < -0.4 is 10.1 Å². The Balaban J connectivity index is 1.56. The molecule has 1 amide bonds. The summed E-state index contributed by atoms with van der Waals surface area (Å²) in [6.07, 6.45) is -0.763. The zero-order valence-corrected chi connectivity index (χ0v) is 17.5. The minimum absolute atomic E-state index is 0.202. The first-order valence-electron chi connectivity index (χ1n) is 9.01. The Kier molecular flexibility index (Phi) is 6.87. The quantitative estimate of drug-likeness (QED) is 0.709. The summed E-state index contributed by atoms with van der Waals surface area (Å²) in [5.74, 6) is 0.0973. The van der Waals surface area contributed by atoms with Crippen molar-refractivity contribution in [1.82, 2.24) is 9.62 Å². The fourth-order valence-corrected chi connectivity index (χ4v) is 5.58. The second kappa shape index (κ2) is 9.37. The van der Waals surface area contributed by atoms with Crippen molar-refractivity contribution in [2.24, 2.45) is 0 Å². The zero-order valence-electron chi connectivity index (χ0n) is 15.8. The van der Waals surface area contributed by atoms with Crippen molar-refractivity contribution < 1.29 is 22.7 Å². The molecule has 1 aliphatic rings. The highest BCUT2D eigenvalue weighted by atomic mass is 32.2. The Morgan fingerprint density at radius 2 is 2.10 bits per heavy atom. The molecule has 10 heteroatoms. The average molecular weight is 436 g/mol. The van der Waals surface area contributed by atoms with Crippen molar-refractivity contribution in [1.29, 1.82) is 5.26 Å². The highest BCUT2D eigenvalue weighted by molar-refractivity contribution is 7.91. The van der Waals surface area contributed by atoms with Crippen LogP contribution in [0.4, 0.5) is 0 Å². The van der Waals surface area contributed by atoms with Crippen LogP contribution in [0.2, 0.25) is 0 Å². The minimum Gasteiger partial charge on any atom is -0.481 e. The van der Waals surface area contributed by atoms with Gasteiger partial charge >= 0.3 is 0 Å². The average Bonchev–Trinajstić information content (AvgIpc) is 3.22. The maximum absolute atomic E-state index is 12.7. The van der Waals surface area contributed by atoms with Gasteiger partial charge in [-0.2, -0.15) is 9.57 Å². The number of nitriles is 1. The van der Waals surface area contributed by atoms with Crippen molar-refractivity contribution in [3.63, 3.8) is 0 Å². The Morgan fingerprint density at radius 1 is 1.34 bits per heavy atom. The smallest absolute Gasteiger partial charge is 0.261 e. The van der Waals surface area contributed by atoms with Crippen LogP contribution in [0.25, 0.3) is 0 Å². The van der Waals surface area contributed by atoms with Gasteiger partial charge in [-0.05, 0) is 37.3 Å². The SMILES string of the molecule is CC(Oc1cccc(C#N)c1)C(=O)NCc1ccc(S(=O)(=O)N2CCOCC2)s1. The Bertz CT molecular complexity index is 1010. The lowest BCUT2D eigenvalue weighted by Crippen LogP contribution is -2.40. The number of sulfonamides is 1. The molecule has 0 saturated carbocycles. The number of rotatable bonds is 7. The maximum Gasteiger partial charge on any atom is 0.261 e. The molecule has 8 nitrogen and oxygen atoms in total. The van der Waals surface area contributed by atoms with E-state index >= 15 is 0 Å². The van der Waals surface area contributed by atoms with Crippen LogP contribution in [0, 0.1) is 11.3 Å². The molecule has 0 bridgehead atoms. The summed E-state index contributed by atoms with van der Waals surface area (Å²) in [6.45, 7) is 3.28. The van der Waals surface area contributed by atoms with Crippen molar-refractivity contribution in [3.8, 4) is 11.8 Å². The van der Waals surface area contributed by atoms with Crippen molar-refractivity contribution >= 4 is 27.3 Å². The maximum atomic E-state index is 12.7. The first-order chi connectivity index (χ1) is 13.9. The second-order valence-corrected chi connectivity index (χ2v) is 9.69. The van der Waals surface area contributed by atoms with E-state index in [4.69, 9.17) is 14.7 Å². The predicted molar refractivity (Wildman–Crippen MR) is 107 cm³/mol. The van der Waals surface area contributed by atoms with Gasteiger partial charge in [0.1, 0.15) is 9.96 Å². The number of nitrogens with zero attached hydrogens (tertiary/aromatic N) is 2. The molecule has 2 heterocycles. The molecule has 0 aliphatic carbocycles. The summed E-state index contributed by atoms with van der Waals surface area (Å²) < 4.78 is 37.7. The number of morpholine rings is 1. The number of amides is 1. The number of thiophene rings is 1. The Morgan fingerprint density at radius 3 is 2.83 bits per heavy atom. The molecule has 0 spiro atoms. The number of hydrogen-bond acceptors (Lipinski definition) is 7. The summed E-state index contributed by atoms with van der Waals surface area (Å²) in [5.41, 5.74) is 0.447. The first kappa shape index (κ1) is 21.3. The van der Waals surface area contributed by atoms with Crippen LogP contribution in [0.5, 0.6) is 5.75 Å². The van der Waals surface area contributed by atoms with E-state index in [1.165, 1.54) is 4.31 Å². The van der Waals surface area contributed by atoms with Gasteiger partial charge < -0.3 is 14.8 Å².